The molecular formula is C20H19F2NO6. The summed E-state index contributed by atoms with van der Waals surface area (Å²) in [4.78, 5) is 23.6. The van der Waals surface area contributed by atoms with Gasteiger partial charge in [0, 0.05) is 23.4 Å². The number of anilines is 1. The molecule has 2 rings (SSSR count). The number of ether oxygens (including phenoxy) is 4. The van der Waals surface area contributed by atoms with E-state index >= 15 is 0 Å². The molecule has 0 bridgehead atoms. The molecule has 0 atom stereocenters. The maximum Gasteiger partial charge on any atom is 0.387 e. The maximum absolute atomic E-state index is 12.1. The van der Waals surface area contributed by atoms with Crippen LogP contribution in [-0.4, -0.2) is 39.3 Å². The Hall–Kier alpha value is -3.62. The molecular weight excluding hydrogens is 388 g/mol. The van der Waals surface area contributed by atoms with E-state index in [0.29, 0.717) is 22.7 Å². The van der Waals surface area contributed by atoms with Crippen LogP contribution in [0.5, 0.6) is 17.2 Å². The summed E-state index contributed by atoms with van der Waals surface area (Å²) >= 11 is 0. The van der Waals surface area contributed by atoms with Crippen molar-refractivity contribution < 1.29 is 37.3 Å². The molecule has 2 aromatic rings. The second kappa shape index (κ2) is 10.6. The van der Waals surface area contributed by atoms with Gasteiger partial charge in [-0.2, -0.15) is 8.78 Å². The van der Waals surface area contributed by atoms with Gasteiger partial charge >= 0.3 is 12.6 Å². The number of hydrogen-bond acceptors (Lipinski definition) is 6. The SMILES string of the molecule is COc1ccc(/C=C/C(=O)OCC(=O)Nc2ccc(OC(F)F)cc2)c(OC)c1. The van der Waals surface area contributed by atoms with Crippen LogP contribution in [0.25, 0.3) is 6.08 Å². The molecule has 0 aromatic heterocycles. The minimum Gasteiger partial charge on any atom is -0.497 e. The lowest BCUT2D eigenvalue weighted by atomic mass is 10.2. The van der Waals surface area contributed by atoms with Crippen LogP contribution in [0.4, 0.5) is 14.5 Å². The second-order valence-corrected chi connectivity index (χ2v) is 5.50. The molecule has 0 heterocycles. The Balaban J connectivity index is 1.84. The fourth-order valence-corrected chi connectivity index (χ4v) is 2.22. The van der Waals surface area contributed by atoms with Crippen molar-refractivity contribution >= 4 is 23.6 Å². The van der Waals surface area contributed by atoms with Gasteiger partial charge in [0.2, 0.25) is 0 Å². The number of esters is 1. The molecule has 0 spiro atoms. The van der Waals surface area contributed by atoms with Gasteiger partial charge in [-0.05, 0) is 42.5 Å². The first-order chi connectivity index (χ1) is 13.9. The average Bonchev–Trinajstić information content (AvgIpc) is 2.71. The fourth-order valence-electron chi connectivity index (χ4n) is 2.22. The molecule has 0 aliphatic heterocycles. The molecule has 0 saturated heterocycles. The molecule has 0 radical (unpaired) electrons. The standard InChI is InChI=1S/C20H19F2NO6/c1-26-16-7-3-13(17(11-16)27-2)4-10-19(25)28-12-18(24)23-14-5-8-15(9-6-14)29-20(21)22/h3-11,20H,12H2,1-2H3,(H,23,24)/b10-4+. The van der Waals surface area contributed by atoms with Crippen molar-refractivity contribution in [3.63, 3.8) is 0 Å². The third-order valence-electron chi connectivity index (χ3n) is 3.55. The quantitative estimate of drug-likeness (QED) is 0.506. The van der Waals surface area contributed by atoms with Crippen LogP contribution in [0.3, 0.4) is 0 Å². The minimum absolute atomic E-state index is 0.0384. The largest absolute Gasteiger partial charge is 0.497 e. The molecule has 2 aromatic carbocycles. The normalized spacial score (nSPS) is 10.7. The summed E-state index contributed by atoms with van der Waals surface area (Å²) in [6, 6.07) is 10.4. The number of benzene rings is 2. The van der Waals surface area contributed by atoms with Gasteiger partial charge in [-0.15, -0.1) is 0 Å². The van der Waals surface area contributed by atoms with Crippen molar-refractivity contribution in [2.24, 2.45) is 0 Å². The second-order valence-electron chi connectivity index (χ2n) is 5.50. The first kappa shape index (κ1) is 21.7. The predicted octanol–water partition coefficient (Wildman–Crippen LogP) is 3.50. The molecule has 0 fully saturated rings. The molecule has 7 nitrogen and oxygen atoms in total. The summed E-state index contributed by atoms with van der Waals surface area (Å²) in [5.41, 5.74) is 0.965. The van der Waals surface area contributed by atoms with Crippen LogP contribution in [-0.2, 0) is 14.3 Å². The number of rotatable bonds is 9. The van der Waals surface area contributed by atoms with Crippen LogP contribution in [0, 0.1) is 0 Å². The third-order valence-corrected chi connectivity index (χ3v) is 3.55. The van der Waals surface area contributed by atoms with E-state index in [-0.39, 0.29) is 5.75 Å². The highest BCUT2D eigenvalue weighted by Gasteiger charge is 2.08. The van der Waals surface area contributed by atoms with Crippen LogP contribution in [0.2, 0.25) is 0 Å². The molecule has 29 heavy (non-hydrogen) atoms. The summed E-state index contributed by atoms with van der Waals surface area (Å²) in [6.45, 7) is -3.45. The Kier molecular flexibility index (Phi) is 7.96. The number of hydrogen-bond donors (Lipinski definition) is 1. The summed E-state index contributed by atoms with van der Waals surface area (Å²) in [6.07, 6.45) is 2.65. The Bertz CT molecular complexity index is 868. The van der Waals surface area contributed by atoms with E-state index in [2.05, 4.69) is 10.1 Å². The van der Waals surface area contributed by atoms with E-state index in [1.54, 1.807) is 18.2 Å². The van der Waals surface area contributed by atoms with E-state index in [9.17, 15) is 18.4 Å². The highest BCUT2D eigenvalue weighted by atomic mass is 19.3. The van der Waals surface area contributed by atoms with Gasteiger partial charge in [0.05, 0.1) is 14.2 Å². The zero-order chi connectivity index (χ0) is 21.2. The minimum atomic E-state index is -2.93. The maximum atomic E-state index is 12.1. The van der Waals surface area contributed by atoms with Crippen LogP contribution in [0.15, 0.2) is 48.5 Å². The topological polar surface area (TPSA) is 83.1 Å². The highest BCUT2D eigenvalue weighted by molar-refractivity contribution is 5.94. The Morgan fingerprint density at radius 3 is 2.34 bits per heavy atom. The van der Waals surface area contributed by atoms with Gasteiger partial charge in [-0.1, -0.05) is 0 Å². The molecule has 0 aliphatic carbocycles. The first-order valence-corrected chi connectivity index (χ1v) is 8.33. The monoisotopic (exact) mass is 407 g/mol. The van der Waals surface area contributed by atoms with Gasteiger partial charge in [0.15, 0.2) is 6.61 Å². The zero-order valence-corrected chi connectivity index (χ0v) is 15.7. The fraction of sp³-hybridized carbons (Fsp3) is 0.200. The number of carbonyl (C=O) groups excluding carboxylic acids is 2. The first-order valence-electron chi connectivity index (χ1n) is 8.33. The summed E-state index contributed by atoms with van der Waals surface area (Å²) < 4.78 is 43.6. The lowest BCUT2D eigenvalue weighted by Crippen LogP contribution is -2.20. The van der Waals surface area contributed by atoms with Crippen LogP contribution in [0.1, 0.15) is 5.56 Å². The Labute approximate surface area is 165 Å². The number of methoxy groups -OCH3 is 2. The van der Waals surface area contributed by atoms with Gasteiger partial charge in [-0.25, -0.2) is 4.79 Å². The van der Waals surface area contributed by atoms with Crippen LogP contribution >= 0.6 is 0 Å². The van der Waals surface area contributed by atoms with Gasteiger partial charge in [-0.3, -0.25) is 4.79 Å². The van der Waals surface area contributed by atoms with Crippen molar-refractivity contribution in [1.29, 1.82) is 0 Å². The number of halogens is 2. The predicted molar refractivity (Wildman–Crippen MR) is 101 cm³/mol. The van der Waals surface area contributed by atoms with E-state index in [1.165, 1.54) is 44.6 Å². The Morgan fingerprint density at radius 2 is 1.72 bits per heavy atom. The molecule has 1 amide bonds. The van der Waals surface area contributed by atoms with Crippen molar-refractivity contribution in [2.75, 3.05) is 26.1 Å². The van der Waals surface area contributed by atoms with E-state index in [4.69, 9.17) is 14.2 Å². The Morgan fingerprint density at radius 1 is 1.03 bits per heavy atom. The van der Waals surface area contributed by atoms with E-state index in [0.717, 1.165) is 6.08 Å². The zero-order valence-electron chi connectivity index (χ0n) is 15.7. The van der Waals surface area contributed by atoms with E-state index < -0.39 is 25.1 Å². The molecule has 0 aliphatic rings. The smallest absolute Gasteiger partial charge is 0.387 e. The van der Waals surface area contributed by atoms with Gasteiger partial charge in [0.25, 0.3) is 5.91 Å². The van der Waals surface area contributed by atoms with Crippen molar-refractivity contribution in [3.8, 4) is 17.2 Å². The van der Waals surface area contributed by atoms with E-state index in [1.807, 2.05) is 0 Å². The third kappa shape index (κ3) is 7.13. The van der Waals surface area contributed by atoms with Gasteiger partial charge in [0.1, 0.15) is 17.2 Å². The van der Waals surface area contributed by atoms with Crippen molar-refractivity contribution in [2.45, 2.75) is 6.61 Å². The van der Waals surface area contributed by atoms with Crippen molar-refractivity contribution in [3.05, 3.63) is 54.1 Å². The van der Waals surface area contributed by atoms with Crippen molar-refractivity contribution in [1.82, 2.24) is 0 Å². The number of alkyl halides is 2. The summed E-state index contributed by atoms with van der Waals surface area (Å²) in [5.74, 6) is -0.240. The lowest BCUT2D eigenvalue weighted by molar-refractivity contribution is -0.142. The summed E-state index contributed by atoms with van der Waals surface area (Å²) in [7, 11) is 3.01. The average molecular weight is 407 g/mol. The lowest BCUT2D eigenvalue weighted by Gasteiger charge is -2.08. The molecule has 0 saturated carbocycles. The molecule has 1 N–H and O–H groups in total. The van der Waals surface area contributed by atoms with Gasteiger partial charge < -0.3 is 24.3 Å². The van der Waals surface area contributed by atoms with Crippen LogP contribution < -0.4 is 19.5 Å². The summed E-state index contributed by atoms with van der Waals surface area (Å²) in [5, 5.41) is 2.47. The molecule has 9 heteroatoms. The number of amides is 1. The molecule has 0 unspecified atom stereocenters. The number of carbonyl (C=O) groups is 2. The molecule has 154 valence electrons. The number of nitrogens with one attached hydrogen (secondary N) is 1. The highest BCUT2D eigenvalue weighted by Crippen LogP contribution is 2.25.